The molecule has 0 fully saturated rings. The van der Waals surface area contributed by atoms with Crippen molar-refractivity contribution in [2.24, 2.45) is 0 Å². The van der Waals surface area contributed by atoms with Gasteiger partial charge in [-0.05, 0) is 101 Å². The Morgan fingerprint density at radius 1 is 0.429 bits per heavy atom. The lowest BCUT2D eigenvalue weighted by Crippen LogP contribution is -2.09. The second-order valence-electron chi connectivity index (χ2n) is 14.2. The molecule has 0 spiro atoms. The molecular formula is C50H29N3O3. The summed E-state index contributed by atoms with van der Waals surface area (Å²) in [6, 6.07) is 56.6. The van der Waals surface area contributed by atoms with Crippen molar-refractivity contribution in [3.8, 4) is 22.6 Å². The van der Waals surface area contributed by atoms with Crippen LogP contribution in [0.4, 0.5) is 17.1 Å². The zero-order valence-electron chi connectivity index (χ0n) is 29.8. The number of benzene rings is 8. The monoisotopic (exact) mass is 719 g/mol. The van der Waals surface area contributed by atoms with E-state index in [1.807, 2.05) is 72.9 Å². The third-order valence-corrected chi connectivity index (χ3v) is 10.9. The minimum absolute atomic E-state index is 0.605. The molecule has 0 atom stereocenters. The zero-order chi connectivity index (χ0) is 36.7. The number of rotatable bonds is 5. The number of hydrogen-bond acceptors (Lipinski definition) is 6. The number of fused-ring (bicyclic) bond motifs is 11. The Kier molecular flexibility index (Phi) is 6.53. The molecule has 262 valence electrons. The van der Waals surface area contributed by atoms with E-state index in [0.717, 1.165) is 110 Å². The van der Waals surface area contributed by atoms with Crippen molar-refractivity contribution in [2.45, 2.75) is 0 Å². The van der Waals surface area contributed by atoms with Crippen LogP contribution in [0.1, 0.15) is 0 Å². The molecule has 4 aromatic heterocycles. The number of nitrogens with zero attached hydrogens (tertiary/aromatic N) is 3. The molecule has 0 amide bonds. The number of aromatic nitrogens is 2. The van der Waals surface area contributed by atoms with Gasteiger partial charge in [0.1, 0.15) is 27.8 Å². The van der Waals surface area contributed by atoms with Crippen LogP contribution < -0.4 is 4.90 Å². The first-order chi connectivity index (χ1) is 27.7. The molecule has 0 saturated carbocycles. The molecule has 0 bridgehead atoms. The van der Waals surface area contributed by atoms with Gasteiger partial charge in [-0.3, -0.25) is 4.98 Å². The van der Waals surface area contributed by atoms with Crippen molar-refractivity contribution in [1.82, 2.24) is 9.97 Å². The normalized spacial score (nSPS) is 11.9. The third-order valence-electron chi connectivity index (χ3n) is 10.9. The summed E-state index contributed by atoms with van der Waals surface area (Å²) in [5, 5.41) is 8.54. The molecule has 0 unspecified atom stereocenters. The van der Waals surface area contributed by atoms with Gasteiger partial charge in [-0.1, -0.05) is 78.9 Å². The fourth-order valence-electron chi connectivity index (χ4n) is 8.37. The van der Waals surface area contributed by atoms with Gasteiger partial charge in [-0.15, -0.1) is 0 Å². The highest BCUT2D eigenvalue weighted by Gasteiger charge is 2.21. The molecule has 0 aliphatic heterocycles. The molecule has 6 heteroatoms. The first-order valence-electron chi connectivity index (χ1n) is 18.6. The first-order valence-corrected chi connectivity index (χ1v) is 18.6. The van der Waals surface area contributed by atoms with E-state index in [-0.39, 0.29) is 0 Å². The smallest absolute Gasteiger partial charge is 0.227 e. The highest BCUT2D eigenvalue weighted by molar-refractivity contribution is 6.19. The lowest BCUT2D eigenvalue weighted by molar-refractivity contribution is 0.623. The lowest BCUT2D eigenvalue weighted by Gasteiger charge is -2.26. The van der Waals surface area contributed by atoms with Gasteiger partial charge in [-0.2, -0.15) is 0 Å². The van der Waals surface area contributed by atoms with E-state index < -0.39 is 0 Å². The molecule has 4 heterocycles. The Morgan fingerprint density at radius 2 is 1.12 bits per heavy atom. The average Bonchev–Trinajstić information content (AvgIpc) is 3.97. The van der Waals surface area contributed by atoms with E-state index in [1.165, 1.54) is 0 Å². The molecule has 0 aliphatic rings. The van der Waals surface area contributed by atoms with Crippen LogP contribution in [0.25, 0.3) is 99.1 Å². The zero-order valence-corrected chi connectivity index (χ0v) is 29.8. The van der Waals surface area contributed by atoms with Crippen molar-refractivity contribution in [3.63, 3.8) is 0 Å². The predicted octanol–water partition coefficient (Wildman–Crippen LogP) is 14.1. The standard InChI is InChI=1S/C50H29N3O3/c1-2-8-32(9-3-1)50-52-42-23-18-31-16-15-30-17-19-34(26-40(30)47(31)49(42)56-50)53(36-20-22-39-38-11-4-5-13-43(38)55-46(39)28-36)35-21-24-44-41(27-35)48-37(12-6-14-45(48)54-44)33-10-7-25-51-29-33/h1-29H. The molecule has 12 aromatic rings. The molecule has 56 heavy (non-hydrogen) atoms. The number of furan rings is 2. The summed E-state index contributed by atoms with van der Waals surface area (Å²) in [5.74, 6) is 0.605. The molecule has 0 aliphatic carbocycles. The second-order valence-corrected chi connectivity index (χ2v) is 14.2. The van der Waals surface area contributed by atoms with E-state index in [4.69, 9.17) is 18.2 Å². The van der Waals surface area contributed by atoms with Crippen molar-refractivity contribution in [1.29, 1.82) is 0 Å². The van der Waals surface area contributed by atoms with Gasteiger partial charge in [0.25, 0.3) is 0 Å². The number of anilines is 3. The van der Waals surface area contributed by atoms with Crippen LogP contribution in [0, 0.1) is 0 Å². The van der Waals surface area contributed by atoms with E-state index in [1.54, 1.807) is 6.20 Å². The summed E-state index contributed by atoms with van der Waals surface area (Å²) < 4.78 is 19.5. The van der Waals surface area contributed by atoms with Crippen LogP contribution in [0.2, 0.25) is 0 Å². The molecule has 0 N–H and O–H groups in total. The van der Waals surface area contributed by atoms with E-state index in [0.29, 0.717) is 5.89 Å². The largest absolute Gasteiger partial charge is 0.456 e. The van der Waals surface area contributed by atoms with Crippen LogP contribution in [0.5, 0.6) is 0 Å². The fraction of sp³-hybridized carbons (Fsp3) is 0. The molecule has 12 rings (SSSR count). The molecule has 0 radical (unpaired) electrons. The van der Waals surface area contributed by atoms with Gasteiger partial charge < -0.3 is 18.2 Å². The fourth-order valence-corrected chi connectivity index (χ4v) is 8.37. The van der Waals surface area contributed by atoms with Gasteiger partial charge in [0.15, 0.2) is 5.58 Å². The summed E-state index contributed by atoms with van der Waals surface area (Å²) in [4.78, 5) is 11.6. The van der Waals surface area contributed by atoms with Crippen LogP contribution in [0.3, 0.4) is 0 Å². The number of para-hydroxylation sites is 1. The minimum Gasteiger partial charge on any atom is -0.456 e. The van der Waals surface area contributed by atoms with Crippen LogP contribution in [-0.2, 0) is 0 Å². The Bertz CT molecular complexity index is 3490. The van der Waals surface area contributed by atoms with Crippen molar-refractivity contribution in [2.75, 3.05) is 4.90 Å². The minimum atomic E-state index is 0.605. The Balaban J connectivity index is 1.11. The number of pyridine rings is 1. The molecule has 0 saturated heterocycles. The Morgan fingerprint density at radius 3 is 2.04 bits per heavy atom. The lowest BCUT2D eigenvalue weighted by atomic mass is 9.99. The van der Waals surface area contributed by atoms with E-state index in [9.17, 15) is 0 Å². The van der Waals surface area contributed by atoms with Crippen molar-refractivity contribution in [3.05, 3.63) is 176 Å². The average molecular weight is 720 g/mol. The van der Waals surface area contributed by atoms with Crippen LogP contribution >= 0.6 is 0 Å². The maximum absolute atomic E-state index is 6.60. The summed E-state index contributed by atoms with van der Waals surface area (Å²) in [5.41, 5.74) is 10.9. The summed E-state index contributed by atoms with van der Waals surface area (Å²) >= 11 is 0. The van der Waals surface area contributed by atoms with Gasteiger partial charge in [0.2, 0.25) is 5.89 Å². The summed E-state index contributed by atoms with van der Waals surface area (Å²) in [6.45, 7) is 0. The van der Waals surface area contributed by atoms with E-state index in [2.05, 4.69) is 107 Å². The van der Waals surface area contributed by atoms with Gasteiger partial charge >= 0.3 is 0 Å². The second kappa shape index (κ2) is 11.9. The highest BCUT2D eigenvalue weighted by Crippen LogP contribution is 2.44. The van der Waals surface area contributed by atoms with Crippen LogP contribution in [0.15, 0.2) is 189 Å². The topological polar surface area (TPSA) is 68.4 Å². The summed E-state index contributed by atoms with van der Waals surface area (Å²) in [6.07, 6.45) is 3.70. The predicted molar refractivity (Wildman–Crippen MR) is 227 cm³/mol. The van der Waals surface area contributed by atoms with Gasteiger partial charge in [0.05, 0.1) is 0 Å². The molecular weight excluding hydrogens is 691 g/mol. The number of hydrogen-bond donors (Lipinski definition) is 0. The van der Waals surface area contributed by atoms with E-state index >= 15 is 0 Å². The Hall–Kier alpha value is -7.70. The van der Waals surface area contributed by atoms with Gasteiger partial charge in [0, 0.05) is 73.6 Å². The highest BCUT2D eigenvalue weighted by atomic mass is 16.3. The third kappa shape index (κ3) is 4.69. The van der Waals surface area contributed by atoms with Crippen LogP contribution in [-0.4, -0.2) is 9.97 Å². The quantitative estimate of drug-likeness (QED) is 0.165. The number of oxazole rings is 1. The SMILES string of the molecule is c1ccc(-c2nc3ccc4ccc5ccc(N(c6ccc7c(c6)oc6ccccc67)c6ccc7oc8cccc(-c9cccnc9)c8c7c6)cc5c4c3o2)cc1. The van der Waals surface area contributed by atoms with Crippen molar-refractivity contribution >= 4 is 93.6 Å². The van der Waals surface area contributed by atoms with Crippen molar-refractivity contribution < 1.29 is 13.3 Å². The first kappa shape index (κ1) is 30.7. The van der Waals surface area contributed by atoms with Gasteiger partial charge in [-0.25, -0.2) is 4.98 Å². The molecule has 6 nitrogen and oxygen atoms in total. The maximum Gasteiger partial charge on any atom is 0.227 e. The molecule has 8 aromatic carbocycles. The summed E-state index contributed by atoms with van der Waals surface area (Å²) in [7, 11) is 0. The Labute approximate surface area is 319 Å². The maximum atomic E-state index is 6.60.